The van der Waals surface area contributed by atoms with E-state index < -0.39 is 0 Å². The van der Waals surface area contributed by atoms with E-state index in [4.69, 9.17) is 4.74 Å². The first-order valence-electron chi connectivity index (χ1n) is 8.59. The molecule has 0 aliphatic heterocycles. The highest BCUT2D eigenvalue weighted by atomic mass is 16.5. The molecule has 0 saturated carbocycles. The zero-order valence-corrected chi connectivity index (χ0v) is 14.7. The van der Waals surface area contributed by atoms with Gasteiger partial charge in [-0.2, -0.15) is 0 Å². The van der Waals surface area contributed by atoms with E-state index in [2.05, 4.69) is 20.3 Å². The molecule has 2 heterocycles. The number of benzene rings is 2. The van der Waals surface area contributed by atoms with Crippen LogP contribution in [0.5, 0.6) is 5.75 Å². The summed E-state index contributed by atoms with van der Waals surface area (Å²) < 4.78 is 5.74. The monoisotopic (exact) mass is 348 g/mol. The summed E-state index contributed by atoms with van der Waals surface area (Å²) >= 11 is 0. The molecule has 0 atom stereocenters. The van der Waals surface area contributed by atoms with E-state index in [1.54, 1.807) is 6.20 Å². The Hall–Kier alpha value is -3.28. The van der Waals surface area contributed by atoms with Crippen molar-refractivity contribution in [2.24, 2.45) is 0 Å². The summed E-state index contributed by atoms with van der Waals surface area (Å²) in [5, 5.41) is 4.49. The Balaban J connectivity index is 1.58. The molecule has 0 spiro atoms. The highest BCUT2D eigenvalue weighted by molar-refractivity contribution is 5.91. The summed E-state index contributed by atoms with van der Waals surface area (Å²) in [6.45, 7) is 4.65. The third-order valence-electron chi connectivity index (χ3n) is 4.15. The molecule has 0 amide bonds. The molecule has 2 aromatic carbocycles. The maximum atomic E-state index is 11.4. The fraction of sp³-hybridized carbons (Fsp3) is 0.200. The van der Waals surface area contributed by atoms with E-state index in [1.807, 2.05) is 56.3 Å². The lowest BCUT2D eigenvalue weighted by Crippen LogP contribution is -2.05. The van der Waals surface area contributed by atoms with Gasteiger partial charge in [-0.05, 0) is 49.7 Å². The normalized spacial score (nSPS) is 11.3. The van der Waals surface area contributed by atoms with E-state index >= 15 is 0 Å². The standard InChI is InChI=1S/C20H20N4O2/c1-12(2)26-14-4-5-15-16(7-8-21-18(15)10-14)22-11-13-3-6-17-19(9-13)24-20(25)23-17/h3-10,12H,11H2,1-2H3,(H,21,22)(H2,23,24,25). The van der Waals surface area contributed by atoms with Gasteiger partial charge in [0.1, 0.15) is 5.75 Å². The van der Waals surface area contributed by atoms with Crippen molar-refractivity contribution in [1.82, 2.24) is 15.0 Å². The SMILES string of the molecule is CC(C)Oc1ccc2c(NCc3ccc4[nH]c(=O)[nH]c4c3)ccnc2c1. The fourth-order valence-electron chi connectivity index (χ4n) is 3.01. The van der Waals surface area contributed by atoms with Crippen LogP contribution in [0.25, 0.3) is 21.9 Å². The van der Waals surface area contributed by atoms with Crippen LogP contribution in [0, 0.1) is 0 Å². The minimum atomic E-state index is -0.190. The minimum Gasteiger partial charge on any atom is -0.491 e. The third kappa shape index (κ3) is 3.26. The number of rotatable bonds is 5. The lowest BCUT2D eigenvalue weighted by atomic mass is 10.1. The maximum absolute atomic E-state index is 11.4. The van der Waals surface area contributed by atoms with E-state index in [0.717, 1.165) is 38.9 Å². The first-order chi connectivity index (χ1) is 12.6. The second kappa shape index (κ2) is 6.55. The van der Waals surface area contributed by atoms with Gasteiger partial charge in [0.25, 0.3) is 0 Å². The molecule has 4 rings (SSSR count). The van der Waals surface area contributed by atoms with Gasteiger partial charge in [0, 0.05) is 29.9 Å². The van der Waals surface area contributed by atoms with Crippen LogP contribution in [0.2, 0.25) is 0 Å². The number of H-pyrrole nitrogens is 2. The molecule has 0 fully saturated rings. The van der Waals surface area contributed by atoms with Crippen LogP contribution in [0.3, 0.4) is 0 Å². The Morgan fingerprint density at radius 1 is 1.08 bits per heavy atom. The quantitative estimate of drug-likeness (QED) is 0.512. The van der Waals surface area contributed by atoms with Gasteiger partial charge < -0.3 is 20.0 Å². The molecule has 0 saturated heterocycles. The van der Waals surface area contributed by atoms with Gasteiger partial charge in [-0.3, -0.25) is 4.98 Å². The Morgan fingerprint density at radius 3 is 2.77 bits per heavy atom. The average molecular weight is 348 g/mol. The van der Waals surface area contributed by atoms with Crippen molar-refractivity contribution in [2.75, 3.05) is 5.32 Å². The number of fused-ring (bicyclic) bond motifs is 2. The lowest BCUT2D eigenvalue weighted by Gasteiger charge is -2.12. The van der Waals surface area contributed by atoms with Gasteiger partial charge in [0.2, 0.25) is 0 Å². The summed E-state index contributed by atoms with van der Waals surface area (Å²) in [5.74, 6) is 0.819. The van der Waals surface area contributed by atoms with Gasteiger partial charge in [-0.15, -0.1) is 0 Å². The van der Waals surface area contributed by atoms with Crippen molar-refractivity contribution < 1.29 is 4.74 Å². The van der Waals surface area contributed by atoms with Crippen molar-refractivity contribution in [3.8, 4) is 5.75 Å². The number of aromatic amines is 2. The van der Waals surface area contributed by atoms with Crippen molar-refractivity contribution in [2.45, 2.75) is 26.5 Å². The number of nitrogens with zero attached hydrogens (tertiary/aromatic N) is 1. The lowest BCUT2D eigenvalue weighted by molar-refractivity contribution is 0.242. The Morgan fingerprint density at radius 2 is 1.92 bits per heavy atom. The number of hydrogen-bond acceptors (Lipinski definition) is 4. The molecule has 2 aromatic heterocycles. The molecule has 0 unspecified atom stereocenters. The largest absolute Gasteiger partial charge is 0.491 e. The summed E-state index contributed by atoms with van der Waals surface area (Å²) in [6.07, 6.45) is 1.92. The van der Waals surface area contributed by atoms with E-state index in [1.165, 1.54) is 0 Å². The maximum Gasteiger partial charge on any atom is 0.323 e. The van der Waals surface area contributed by atoms with Crippen LogP contribution in [-0.2, 0) is 6.54 Å². The predicted molar refractivity (Wildman–Crippen MR) is 104 cm³/mol. The van der Waals surface area contributed by atoms with Crippen LogP contribution in [0.15, 0.2) is 53.5 Å². The fourth-order valence-corrected chi connectivity index (χ4v) is 3.01. The Bertz CT molecular complexity index is 1130. The molecule has 26 heavy (non-hydrogen) atoms. The minimum absolute atomic E-state index is 0.128. The molecule has 6 heteroatoms. The highest BCUT2D eigenvalue weighted by Crippen LogP contribution is 2.26. The van der Waals surface area contributed by atoms with Crippen LogP contribution in [0.1, 0.15) is 19.4 Å². The summed E-state index contributed by atoms with van der Waals surface area (Å²) in [4.78, 5) is 21.4. The predicted octanol–water partition coefficient (Wildman–Crippen LogP) is 3.80. The topological polar surface area (TPSA) is 82.8 Å². The summed E-state index contributed by atoms with van der Waals surface area (Å²) in [5.41, 5.74) is 4.41. The van der Waals surface area contributed by atoms with Crippen LogP contribution in [0.4, 0.5) is 5.69 Å². The molecule has 3 N–H and O–H groups in total. The summed E-state index contributed by atoms with van der Waals surface area (Å²) in [6, 6.07) is 13.8. The van der Waals surface area contributed by atoms with Gasteiger partial charge in [-0.25, -0.2) is 4.79 Å². The zero-order chi connectivity index (χ0) is 18.1. The molecule has 0 radical (unpaired) electrons. The van der Waals surface area contributed by atoms with Crippen LogP contribution in [-0.4, -0.2) is 21.1 Å². The van der Waals surface area contributed by atoms with Crippen molar-refractivity contribution >= 4 is 27.6 Å². The molecule has 132 valence electrons. The van der Waals surface area contributed by atoms with Gasteiger partial charge in [0.15, 0.2) is 0 Å². The van der Waals surface area contributed by atoms with E-state index in [9.17, 15) is 4.79 Å². The number of nitrogens with one attached hydrogen (secondary N) is 3. The van der Waals surface area contributed by atoms with Crippen molar-refractivity contribution in [3.05, 3.63) is 64.7 Å². The molecule has 4 aromatic rings. The number of ether oxygens (including phenoxy) is 1. The van der Waals surface area contributed by atoms with E-state index in [0.29, 0.717) is 6.54 Å². The van der Waals surface area contributed by atoms with Crippen molar-refractivity contribution in [1.29, 1.82) is 0 Å². The number of hydrogen-bond donors (Lipinski definition) is 3. The Kier molecular flexibility index (Phi) is 4.08. The van der Waals surface area contributed by atoms with Crippen molar-refractivity contribution in [3.63, 3.8) is 0 Å². The second-order valence-electron chi connectivity index (χ2n) is 6.52. The smallest absolute Gasteiger partial charge is 0.323 e. The average Bonchev–Trinajstić information content (AvgIpc) is 2.98. The molecular formula is C20H20N4O2. The first kappa shape index (κ1) is 16.2. The highest BCUT2D eigenvalue weighted by Gasteiger charge is 2.06. The summed E-state index contributed by atoms with van der Waals surface area (Å²) in [7, 11) is 0. The number of imidazole rings is 1. The second-order valence-corrected chi connectivity index (χ2v) is 6.52. The molecular weight excluding hydrogens is 328 g/mol. The zero-order valence-electron chi connectivity index (χ0n) is 14.7. The van der Waals surface area contributed by atoms with Crippen LogP contribution >= 0.6 is 0 Å². The number of pyridine rings is 1. The Labute approximate surface area is 150 Å². The molecule has 0 bridgehead atoms. The number of anilines is 1. The molecule has 6 nitrogen and oxygen atoms in total. The molecule has 0 aliphatic carbocycles. The van der Waals surface area contributed by atoms with Crippen LogP contribution < -0.4 is 15.7 Å². The van der Waals surface area contributed by atoms with Gasteiger partial charge in [-0.1, -0.05) is 6.07 Å². The number of aromatic nitrogens is 3. The third-order valence-corrected chi connectivity index (χ3v) is 4.15. The first-order valence-corrected chi connectivity index (χ1v) is 8.59. The van der Waals surface area contributed by atoms with E-state index in [-0.39, 0.29) is 11.8 Å². The van der Waals surface area contributed by atoms with Gasteiger partial charge in [0.05, 0.1) is 22.7 Å². The van der Waals surface area contributed by atoms with Gasteiger partial charge >= 0.3 is 5.69 Å². The molecule has 0 aliphatic rings.